The smallest absolute Gasteiger partial charge is 0.0486 e. The van der Waals surface area contributed by atoms with E-state index in [1.54, 1.807) is 0 Å². The predicted octanol–water partition coefficient (Wildman–Crippen LogP) is 7.28. The van der Waals surface area contributed by atoms with Crippen molar-refractivity contribution in [3.8, 4) is 0 Å². The van der Waals surface area contributed by atoms with Gasteiger partial charge in [-0.15, -0.1) is 0 Å². The minimum Gasteiger partial charge on any atom is -0.343 e. The number of nitrogens with zero attached hydrogens (tertiary/aromatic N) is 2. The van der Waals surface area contributed by atoms with Gasteiger partial charge in [-0.1, -0.05) is 97.1 Å². The fourth-order valence-corrected chi connectivity index (χ4v) is 4.95. The Morgan fingerprint density at radius 3 is 1.27 bits per heavy atom. The number of benzene rings is 4. The molecule has 0 spiro atoms. The highest BCUT2D eigenvalue weighted by molar-refractivity contribution is 5.87. The summed E-state index contributed by atoms with van der Waals surface area (Å²) in [6.45, 7) is 1.77. The lowest BCUT2D eigenvalue weighted by atomic mass is 10.0. The van der Waals surface area contributed by atoms with Crippen LogP contribution in [0.1, 0.15) is 22.3 Å². The Kier molecular flexibility index (Phi) is 5.04. The van der Waals surface area contributed by atoms with Crippen LogP contribution < -0.4 is 0 Å². The number of hydrogen-bond acceptors (Lipinski definition) is 0. The Morgan fingerprint density at radius 2 is 0.818 bits per heavy atom. The van der Waals surface area contributed by atoms with Crippen molar-refractivity contribution in [1.29, 1.82) is 0 Å². The van der Waals surface area contributed by atoms with E-state index in [0.717, 1.165) is 19.5 Å². The van der Waals surface area contributed by atoms with Gasteiger partial charge in [-0.05, 0) is 34.4 Å². The van der Waals surface area contributed by atoms with Crippen molar-refractivity contribution in [2.75, 3.05) is 0 Å². The summed E-state index contributed by atoms with van der Waals surface area (Å²) in [4.78, 5) is 0. The molecule has 0 aliphatic heterocycles. The average molecular weight is 427 g/mol. The molecule has 4 aromatic carbocycles. The average Bonchev–Trinajstić information content (AvgIpc) is 3.39. The van der Waals surface area contributed by atoms with Gasteiger partial charge in [0, 0.05) is 53.7 Å². The van der Waals surface area contributed by atoms with Gasteiger partial charge in [0.25, 0.3) is 0 Å². The number of aromatic nitrogens is 2. The number of rotatable bonds is 6. The fourth-order valence-electron chi connectivity index (χ4n) is 4.95. The van der Waals surface area contributed by atoms with Crippen LogP contribution in [0.25, 0.3) is 21.8 Å². The third kappa shape index (κ3) is 3.85. The molecule has 0 N–H and O–H groups in total. The molecule has 2 nitrogen and oxygen atoms in total. The first-order valence-corrected chi connectivity index (χ1v) is 11.6. The van der Waals surface area contributed by atoms with Crippen molar-refractivity contribution in [2.24, 2.45) is 0 Å². The second-order valence-corrected chi connectivity index (χ2v) is 8.75. The lowest BCUT2D eigenvalue weighted by Crippen LogP contribution is -1.97. The Morgan fingerprint density at radius 1 is 0.424 bits per heavy atom. The number of para-hydroxylation sites is 2. The van der Waals surface area contributed by atoms with Crippen molar-refractivity contribution >= 4 is 21.8 Å². The van der Waals surface area contributed by atoms with E-state index in [0.29, 0.717) is 0 Å². The maximum absolute atomic E-state index is 2.39. The highest BCUT2D eigenvalue weighted by Crippen LogP contribution is 2.29. The van der Waals surface area contributed by atoms with Crippen molar-refractivity contribution in [1.82, 2.24) is 9.13 Å². The zero-order valence-corrected chi connectivity index (χ0v) is 18.6. The molecule has 160 valence electrons. The van der Waals surface area contributed by atoms with Crippen molar-refractivity contribution < 1.29 is 0 Å². The molecule has 0 fully saturated rings. The van der Waals surface area contributed by atoms with Gasteiger partial charge < -0.3 is 9.13 Å². The molecule has 0 radical (unpaired) electrons. The van der Waals surface area contributed by atoms with Crippen LogP contribution >= 0.6 is 0 Å². The lowest BCUT2D eigenvalue weighted by Gasteiger charge is -2.05. The first-order chi connectivity index (χ1) is 16.3. The minimum atomic E-state index is 0.886. The maximum atomic E-state index is 2.39. The Bertz CT molecular complexity index is 1400. The molecule has 0 atom stereocenters. The van der Waals surface area contributed by atoms with Crippen LogP contribution in [-0.2, 0) is 19.5 Å². The molecule has 0 unspecified atom stereocenters. The Hall–Kier alpha value is -4.04. The molecule has 2 heteroatoms. The SMILES string of the molecule is c1ccc(Cn2cc(Cc3cn(Cc4ccccc4)c4ccccc34)c3ccccc32)cc1. The van der Waals surface area contributed by atoms with Gasteiger partial charge in [0.15, 0.2) is 0 Å². The molecule has 0 saturated heterocycles. The first kappa shape index (κ1) is 19.6. The van der Waals surface area contributed by atoms with Crippen LogP contribution in [0.2, 0.25) is 0 Å². The van der Waals surface area contributed by atoms with Crippen LogP contribution in [0.4, 0.5) is 0 Å². The van der Waals surface area contributed by atoms with Gasteiger partial charge in [-0.2, -0.15) is 0 Å². The van der Waals surface area contributed by atoms with E-state index in [9.17, 15) is 0 Å². The number of fused-ring (bicyclic) bond motifs is 2. The molecule has 6 aromatic rings. The normalized spacial score (nSPS) is 11.4. The molecule has 0 saturated carbocycles. The largest absolute Gasteiger partial charge is 0.343 e. The van der Waals surface area contributed by atoms with Crippen molar-refractivity contribution in [2.45, 2.75) is 19.5 Å². The van der Waals surface area contributed by atoms with Crippen molar-refractivity contribution in [3.05, 3.63) is 144 Å². The third-order valence-electron chi connectivity index (χ3n) is 6.51. The predicted molar refractivity (Wildman–Crippen MR) is 138 cm³/mol. The third-order valence-corrected chi connectivity index (χ3v) is 6.51. The van der Waals surface area contributed by atoms with Crippen molar-refractivity contribution in [3.63, 3.8) is 0 Å². The molecule has 33 heavy (non-hydrogen) atoms. The molecular formula is C31H26N2. The van der Waals surface area contributed by atoms with Gasteiger partial charge in [0.2, 0.25) is 0 Å². The van der Waals surface area contributed by atoms with E-state index in [-0.39, 0.29) is 0 Å². The second-order valence-electron chi connectivity index (χ2n) is 8.75. The summed E-state index contributed by atoms with van der Waals surface area (Å²) in [5.74, 6) is 0. The Balaban J connectivity index is 1.40. The minimum absolute atomic E-state index is 0.886. The summed E-state index contributed by atoms with van der Waals surface area (Å²) in [7, 11) is 0. The monoisotopic (exact) mass is 426 g/mol. The summed E-state index contributed by atoms with van der Waals surface area (Å²) in [6.07, 6.45) is 5.62. The standard InChI is InChI=1S/C31H26N2/c1-3-11-24(12-4-1)20-32-22-26(28-15-7-9-17-30(28)32)19-27-23-33(21-25-13-5-2-6-14-25)31-18-10-8-16-29(27)31/h1-18,22-23H,19-21H2. The topological polar surface area (TPSA) is 9.86 Å². The molecule has 2 aromatic heterocycles. The highest BCUT2D eigenvalue weighted by Gasteiger charge is 2.13. The Labute approximate surface area is 194 Å². The van der Waals surface area contributed by atoms with E-state index in [1.165, 1.54) is 44.1 Å². The van der Waals surface area contributed by atoms with Gasteiger partial charge in [-0.3, -0.25) is 0 Å². The van der Waals surface area contributed by atoms with Crippen LogP contribution in [-0.4, -0.2) is 9.13 Å². The van der Waals surface area contributed by atoms with E-state index in [4.69, 9.17) is 0 Å². The molecule has 0 amide bonds. The molecule has 6 rings (SSSR count). The number of hydrogen-bond donors (Lipinski definition) is 0. The van der Waals surface area contributed by atoms with Crippen LogP contribution in [0.5, 0.6) is 0 Å². The summed E-state index contributed by atoms with van der Waals surface area (Å²) in [5.41, 5.74) is 8.00. The van der Waals surface area contributed by atoms with Crippen LogP contribution in [0.3, 0.4) is 0 Å². The summed E-state index contributed by atoms with van der Waals surface area (Å²) in [5, 5.41) is 2.68. The summed E-state index contributed by atoms with van der Waals surface area (Å²) in [6, 6.07) is 39.0. The van der Waals surface area contributed by atoms with E-state index < -0.39 is 0 Å². The van der Waals surface area contributed by atoms with Gasteiger partial charge in [0.05, 0.1) is 0 Å². The maximum Gasteiger partial charge on any atom is 0.0486 e. The van der Waals surface area contributed by atoms with E-state index in [2.05, 4.69) is 131 Å². The molecule has 0 aliphatic carbocycles. The molecular weight excluding hydrogens is 400 g/mol. The summed E-state index contributed by atoms with van der Waals surface area (Å²) < 4.78 is 4.78. The van der Waals surface area contributed by atoms with Gasteiger partial charge >= 0.3 is 0 Å². The molecule has 0 aliphatic rings. The van der Waals surface area contributed by atoms with Crippen LogP contribution in [0.15, 0.2) is 122 Å². The van der Waals surface area contributed by atoms with Gasteiger partial charge in [-0.25, -0.2) is 0 Å². The molecule has 0 bridgehead atoms. The zero-order chi connectivity index (χ0) is 22.0. The van der Waals surface area contributed by atoms with E-state index in [1.807, 2.05) is 0 Å². The summed E-state index contributed by atoms with van der Waals surface area (Å²) >= 11 is 0. The molecule has 2 heterocycles. The van der Waals surface area contributed by atoms with E-state index >= 15 is 0 Å². The first-order valence-electron chi connectivity index (χ1n) is 11.6. The lowest BCUT2D eigenvalue weighted by molar-refractivity contribution is 0.827. The fraction of sp³-hybridized carbons (Fsp3) is 0.0968. The van der Waals surface area contributed by atoms with Crippen LogP contribution in [0, 0.1) is 0 Å². The zero-order valence-electron chi connectivity index (χ0n) is 18.6. The highest BCUT2D eigenvalue weighted by atomic mass is 15.0. The second kappa shape index (κ2) is 8.48. The van der Waals surface area contributed by atoms with Gasteiger partial charge in [0.1, 0.15) is 0 Å². The quantitative estimate of drug-likeness (QED) is 0.265.